The minimum atomic E-state index is -1.26. The maximum Gasteiger partial charge on any atom is 0.405 e. The van der Waals surface area contributed by atoms with Crippen LogP contribution in [-0.2, 0) is 22.4 Å². The molecule has 1 atom stereocenters. The normalized spacial score (nSPS) is 11.7. The summed E-state index contributed by atoms with van der Waals surface area (Å²) >= 11 is 0. The molecule has 0 aliphatic carbocycles. The summed E-state index contributed by atoms with van der Waals surface area (Å²) in [6, 6.07) is 21.3. The number of nitrogens with one attached hydrogen (secondary N) is 3. The van der Waals surface area contributed by atoms with Crippen LogP contribution in [0.1, 0.15) is 11.1 Å². The minimum Gasteiger partial charge on any atom is -0.465 e. The fraction of sp³-hybridized carbons (Fsp3) is 0.269. The molecule has 0 unspecified atom stereocenters. The van der Waals surface area contributed by atoms with Crippen LogP contribution in [0.2, 0.25) is 0 Å². The Morgan fingerprint density at radius 1 is 0.912 bits per heavy atom. The van der Waals surface area contributed by atoms with Gasteiger partial charge in [0.2, 0.25) is 11.8 Å². The SMILES string of the molecule is CN(C)[C@H](Cc1ccc2ccccc2c1)C(=O)NCCc1ccccc1NC(=O)CNC(=O)O. The molecular weight excluding hydrogens is 432 g/mol. The number of anilines is 1. The van der Waals surface area contributed by atoms with E-state index in [2.05, 4.69) is 41.0 Å². The van der Waals surface area contributed by atoms with Crippen LogP contribution in [0.4, 0.5) is 10.5 Å². The molecule has 178 valence electrons. The number of nitrogens with zero attached hydrogens (tertiary/aromatic N) is 1. The second kappa shape index (κ2) is 11.8. The van der Waals surface area contributed by atoms with Gasteiger partial charge in [0.25, 0.3) is 0 Å². The number of para-hydroxylation sites is 1. The fourth-order valence-electron chi connectivity index (χ4n) is 3.75. The topological polar surface area (TPSA) is 111 Å². The number of carbonyl (C=O) groups is 3. The Balaban J connectivity index is 1.58. The number of likely N-dealkylation sites (N-methyl/N-ethyl adjacent to an activating group) is 1. The number of hydrogen-bond acceptors (Lipinski definition) is 4. The molecule has 0 fully saturated rings. The highest BCUT2D eigenvalue weighted by Gasteiger charge is 2.21. The van der Waals surface area contributed by atoms with E-state index in [1.807, 2.05) is 48.6 Å². The van der Waals surface area contributed by atoms with Gasteiger partial charge in [0.15, 0.2) is 0 Å². The zero-order chi connectivity index (χ0) is 24.5. The highest BCUT2D eigenvalue weighted by atomic mass is 16.4. The summed E-state index contributed by atoms with van der Waals surface area (Å²) in [7, 11) is 3.78. The molecule has 3 amide bonds. The zero-order valence-corrected chi connectivity index (χ0v) is 19.4. The quantitative estimate of drug-likeness (QED) is 0.370. The van der Waals surface area contributed by atoms with E-state index in [0.717, 1.165) is 16.5 Å². The van der Waals surface area contributed by atoms with E-state index >= 15 is 0 Å². The summed E-state index contributed by atoms with van der Waals surface area (Å²) < 4.78 is 0. The first-order valence-electron chi connectivity index (χ1n) is 11.1. The van der Waals surface area contributed by atoms with Crippen LogP contribution in [0.25, 0.3) is 10.8 Å². The number of hydrogen-bond donors (Lipinski definition) is 4. The van der Waals surface area contributed by atoms with Crippen molar-refractivity contribution in [2.75, 3.05) is 32.5 Å². The molecule has 3 aromatic rings. The maximum atomic E-state index is 13.0. The van der Waals surface area contributed by atoms with Crippen LogP contribution in [-0.4, -0.2) is 61.1 Å². The zero-order valence-electron chi connectivity index (χ0n) is 19.4. The molecule has 34 heavy (non-hydrogen) atoms. The Morgan fingerprint density at radius 2 is 1.62 bits per heavy atom. The van der Waals surface area contributed by atoms with E-state index in [1.165, 1.54) is 5.39 Å². The second-order valence-corrected chi connectivity index (χ2v) is 8.27. The van der Waals surface area contributed by atoms with E-state index in [9.17, 15) is 14.4 Å². The second-order valence-electron chi connectivity index (χ2n) is 8.27. The van der Waals surface area contributed by atoms with Crippen LogP contribution in [0.3, 0.4) is 0 Å². The first-order chi connectivity index (χ1) is 16.3. The largest absolute Gasteiger partial charge is 0.465 e. The number of carboxylic acid groups (broad SMARTS) is 1. The Morgan fingerprint density at radius 3 is 2.35 bits per heavy atom. The van der Waals surface area contributed by atoms with E-state index in [1.54, 1.807) is 12.1 Å². The summed E-state index contributed by atoms with van der Waals surface area (Å²) in [6.45, 7) is 0.0703. The van der Waals surface area contributed by atoms with Crippen LogP contribution < -0.4 is 16.0 Å². The van der Waals surface area contributed by atoms with Crippen LogP contribution in [0.5, 0.6) is 0 Å². The molecule has 0 aliphatic heterocycles. The van der Waals surface area contributed by atoms with Crippen molar-refractivity contribution in [3.8, 4) is 0 Å². The Hall–Kier alpha value is -3.91. The predicted octanol–water partition coefficient (Wildman–Crippen LogP) is 2.88. The Kier molecular flexibility index (Phi) is 8.59. The molecular formula is C26H30N4O4. The minimum absolute atomic E-state index is 0.0645. The predicted molar refractivity (Wildman–Crippen MR) is 133 cm³/mol. The van der Waals surface area contributed by atoms with Crippen molar-refractivity contribution in [1.29, 1.82) is 0 Å². The molecule has 0 aliphatic rings. The first kappa shape index (κ1) is 24.7. The van der Waals surface area contributed by atoms with Gasteiger partial charge in [0.1, 0.15) is 6.54 Å². The van der Waals surface area contributed by atoms with Gasteiger partial charge >= 0.3 is 6.09 Å². The molecule has 0 bridgehead atoms. The first-order valence-corrected chi connectivity index (χ1v) is 11.1. The van der Waals surface area contributed by atoms with Gasteiger partial charge < -0.3 is 21.1 Å². The lowest BCUT2D eigenvalue weighted by Crippen LogP contribution is -2.45. The van der Waals surface area contributed by atoms with Crippen molar-refractivity contribution in [2.24, 2.45) is 0 Å². The summed E-state index contributed by atoms with van der Waals surface area (Å²) in [6.07, 6.45) is -0.150. The van der Waals surface area contributed by atoms with Crippen LogP contribution >= 0.6 is 0 Å². The molecule has 0 aromatic heterocycles. The summed E-state index contributed by atoms with van der Waals surface area (Å²) in [5.74, 6) is -0.521. The van der Waals surface area contributed by atoms with Crippen molar-refractivity contribution in [2.45, 2.75) is 18.9 Å². The lowest BCUT2D eigenvalue weighted by Gasteiger charge is -2.24. The summed E-state index contributed by atoms with van der Waals surface area (Å²) in [5.41, 5.74) is 2.53. The molecule has 0 radical (unpaired) electrons. The molecule has 0 saturated heterocycles. The van der Waals surface area contributed by atoms with Crippen molar-refractivity contribution < 1.29 is 19.5 Å². The lowest BCUT2D eigenvalue weighted by molar-refractivity contribution is -0.125. The summed E-state index contributed by atoms with van der Waals surface area (Å²) in [4.78, 5) is 37.4. The monoisotopic (exact) mass is 462 g/mol. The Bertz CT molecular complexity index is 1160. The number of fused-ring (bicyclic) bond motifs is 1. The maximum absolute atomic E-state index is 13.0. The van der Waals surface area contributed by atoms with Gasteiger partial charge in [-0.1, -0.05) is 60.7 Å². The van der Waals surface area contributed by atoms with Gasteiger partial charge in [-0.25, -0.2) is 4.79 Å². The molecule has 0 saturated carbocycles. The van der Waals surface area contributed by atoms with Crippen molar-refractivity contribution >= 4 is 34.4 Å². The number of rotatable bonds is 10. The molecule has 3 rings (SSSR count). The third-order valence-corrected chi connectivity index (χ3v) is 5.55. The van der Waals surface area contributed by atoms with Crippen molar-refractivity contribution in [3.05, 3.63) is 77.9 Å². The number of amides is 3. The van der Waals surface area contributed by atoms with Gasteiger partial charge in [-0.2, -0.15) is 0 Å². The molecule has 8 nitrogen and oxygen atoms in total. The average molecular weight is 463 g/mol. The molecule has 0 spiro atoms. The third-order valence-electron chi connectivity index (χ3n) is 5.55. The highest BCUT2D eigenvalue weighted by molar-refractivity contribution is 5.94. The molecule has 4 N–H and O–H groups in total. The fourth-order valence-corrected chi connectivity index (χ4v) is 3.75. The lowest BCUT2D eigenvalue weighted by atomic mass is 10.0. The van der Waals surface area contributed by atoms with Gasteiger partial charge in [-0.3, -0.25) is 14.5 Å². The van der Waals surface area contributed by atoms with E-state index in [0.29, 0.717) is 25.1 Å². The van der Waals surface area contributed by atoms with Gasteiger partial charge in [-0.05, 0) is 54.9 Å². The molecule has 0 heterocycles. The smallest absolute Gasteiger partial charge is 0.405 e. The summed E-state index contributed by atoms with van der Waals surface area (Å²) in [5, 5.41) is 18.7. The van der Waals surface area contributed by atoms with Gasteiger partial charge in [-0.15, -0.1) is 0 Å². The molecule has 8 heteroatoms. The van der Waals surface area contributed by atoms with Gasteiger partial charge in [0, 0.05) is 12.2 Å². The third kappa shape index (κ3) is 7.05. The van der Waals surface area contributed by atoms with Gasteiger partial charge in [0.05, 0.1) is 6.04 Å². The standard InChI is InChI=1S/C26H30N4O4/c1-30(2)23(16-18-11-12-19-7-3-4-9-21(19)15-18)25(32)27-14-13-20-8-5-6-10-22(20)29-24(31)17-28-26(33)34/h3-12,15,23,28H,13-14,16-17H2,1-2H3,(H,27,32)(H,29,31)(H,33,34)/t23-/m1/s1. The van der Waals surface area contributed by atoms with Crippen molar-refractivity contribution in [1.82, 2.24) is 15.5 Å². The molecule has 3 aromatic carbocycles. The van der Waals surface area contributed by atoms with E-state index in [4.69, 9.17) is 5.11 Å². The van der Waals surface area contributed by atoms with E-state index < -0.39 is 12.0 Å². The van der Waals surface area contributed by atoms with E-state index in [-0.39, 0.29) is 18.5 Å². The number of carbonyl (C=O) groups excluding carboxylic acids is 2. The highest BCUT2D eigenvalue weighted by Crippen LogP contribution is 2.18. The van der Waals surface area contributed by atoms with Crippen LogP contribution in [0, 0.1) is 0 Å². The van der Waals surface area contributed by atoms with Crippen LogP contribution in [0.15, 0.2) is 66.7 Å². The number of benzene rings is 3. The van der Waals surface area contributed by atoms with Crippen molar-refractivity contribution in [3.63, 3.8) is 0 Å². The Labute approximate surface area is 199 Å². The average Bonchev–Trinajstić information content (AvgIpc) is 2.82.